The van der Waals surface area contributed by atoms with E-state index in [9.17, 15) is 4.79 Å². The van der Waals surface area contributed by atoms with Gasteiger partial charge in [-0.3, -0.25) is 4.90 Å². The molecule has 0 radical (unpaired) electrons. The SMILES string of the molecule is CC(CN1CCCC1)OC(=O)c1ccc(Br)cc1.Cl. The summed E-state index contributed by atoms with van der Waals surface area (Å²) in [5.41, 5.74) is 0.603. The summed E-state index contributed by atoms with van der Waals surface area (Å²) in [4.78, 5) is 14.2. The maximum Gasteiger partial charge on any atom is 0.338 e. The van der Waals surface area contributed by atoms with Crippen LogP contribution in [0.5, 0.6) is 0 Å². The zero-order valence-corrected chi connectivity index (χ0v) is 13.4. The summed E-state index contributed by atoms with van der Waals surface area (Å²) >= 11 is 3.34. The molecule has 1 unspecified atom stereocenters. The number of benzene rings is 1. The molecule has 0 amide bonds. The van der Waals surface area contributed by atoms with Gasteiger partial charge in [0.1, 0.15) is 6.10 Å². The second-order valence-electron chi connectivity index (χ2n) is 4.73. The van der Waals surface area contributed by atoms with Crippen LogP contribution in [0.15, 0.2) is 28.7 Å². The second-order valence-corrected chi connectivity index (χ2v) is 5.65. The zero-order chi connectivity index (χ0) is 13.0. The lowest BCUT2D eigenvalue weighted by molar-refractivity contribution is 0.0271. The van der Waals surface area contributed by atoms with Crippen LogP contribution in [0.1, 0.15) is 30.1 Å². The molecule has 1 atom stereocenters. The molecular weight excluding hydrogens is 330 g/mol. The Morgan fingerprint density at radius 2 is 1.89 bits per heavy atom. The van der Waals surface area contributed by atoms with E-state index in [1.807, 2.05) is 19.1 Å². The molecule has 1 aliphatic rings. The van der Waals surface area contributed by atoms with Gasteiger partial charge >= 0.3 is 5.97 Å². The molecule has 106 valence electrons. The van der Waals surface area contributed by atoms with Gasteiger partial charge in [-0.2, -0.15) is 0 Å². The highest BCUT2D eigenvalue weighted by molar-refractivity contribution is 9.10. The fraction of sp³-hybridized carbons (Fsp3) is 0.500. The van der Waals surface area contributed by atoms with Gasteiger partial charge in [-0.05, 0) is 57.1 Å². The van der Waals surface area contributed by atoms with Crippen LogP contribution in [0.25, 0.3) is 0 Å². The number of esters is 1. The molecule has 0 spiro atoms. The van der Waals surface area contributed by atoms with Crippen molar-refractivity contribution in [2.24, 2.45) is 0 Å². The molecule has 19 heavy (non-hydrogen) atoms. The lowest BCUT2D eigenvalue weighted by Crippen LogP contribution is -2.31. The maximum atomic E-state index is 11.9. The monoisotopic (exact) mass is 347 g/mol. The number of halogens is 2. The Bertz CT molecular complexity index is 404. The van der Waals surface area contributed by atoms with Crippen molar-refractivity contribution in [2.45, 2.75) is 25.9 Å². The van der Waals surface area contributed by atoms with E-state index in [1.54, 1.807) is 12.1 Å². The summed E-state index contributed by atoms with van der Waals surface area (Å²) in [6, 6.07) is 7.24. The van der Waals surface area contributed by atoms with Crippen molar-refractivity contribution >= 4 is 34.3 Å². The molecule has 1 heterocycles. The first-order valence-corrected chi connectivity index (χ1v) is 7.13. The highest BCUT2D eigenvalue weighted by atomic mass is 79.9. The third-order valence-corrected chi connectivity index (χ3v) is 3.63. The molecule has 1 aliphatic heterocycles. The Balaban J connectivity index is 0.00000180. The topological polar surface area (TPSA) is 29.5 Å². The first-order valence-electron chi connectivity index (χ1n) is 6.34. The minimum atomic E-state index is -0.241. The van der Waals surface area contributed by atoms with Gasteiger partial charge in [-0.15, -0.1) is 12.4 Å². The van der Waals surface area contributed by atoms with Crippen LogP contribution in [-0.2, 0) is 4.74 Å². The van der Waals surface area contributed by atoms with E-state index in [-0.39, 0.29) is 24.5 Å². The van der Waals surface area contributed by atoms with E-state index in [4.69, 9.17) is 4.74 Å². The summed E-state index contributed by atoms with van der Waals surface area (Å²) in [6.45, 7) is 5.04. The summed E-state index contributed by atoms with van der Waals surface area (Å²) in [7, 11) is 0. The number of carbonyl (C=O) groups excluding carboxylic acids is 1. The van der Waals surface area contributed by atoms with Crippen LogP contribution in [0.2, 0.25) is 0 Å². The summed E-state index contributed by atoms with van der Waals surface area (Å²) < 4.78 is 6.40. The molecule has 2 rings (SSSR count). The van der Waals surface area contributed by atoms with Gasteiger partial charge in [-0.1, -0.05) is 15.9 Å². The van der Waals surface area contributed by atoms with Crippen molar-refractivity contribution in [3.63, 3.8) is 0 Å². The van der Waals surface area contributed by atoms with Gasteiger partial charge in [0.05, 0.1) is 5.56 Å². The van der Waals surface area contributed by atoms with Gasteiger partial charge in [0, 0.05) is 11.0 Å². The van der Waals surface area contributed by atoms with Crippen molar-refractivity contribution in [3.8, 4) is 0 Å². The third-order valence-electron chi connectivity index (χ3n) is 3.10. The highest BCUT2D eigenvalue weighted by Crippen LogP contribution is 2.13. The molecule has 0 saturated carbocycles. The van der Waals surface area contributed by atoms with Crippen LogP contribution in [0, 0.1) is 0 Å². The molecule has 1 aromatic rings. The molecule has 0 N–H and O–H groups in total. The van der Waals surface area contributed by atoms with Crippen molar-refractivity contribution in [3.05, 3.63) is 34.3 Å². The van der Waals surface area contributed by atoms with Crippen LogP contribution >= 0.6 is 28.3 Å². The molecule has 5 heteroatoms. The largest absolute Gasteiger partial charge is 0.458 e. The fourth-order valence-electron chi connectivity index (χ4n) is 2.20. The zero-order valence-electron chi connectivity index (χ0n) is 11.0. The first-order chi connectivity index (χ1) is 8.65. The molecule has 1 fully saturated rings. The van der Waals surface area contributed by atoms with E-state index in [2.05, 4.69) is 20.8 Å². The molecule has 3 nitrogen and oxygen atoms in total. The Kier molecular flexibility index (Phi) is 6.83. The summed E-state index contributed by atoms with van der Waals surface area (Å²) in [6.07, 6.45) is 2.46. The number of carbonyl (C=O) groups is 1. The van der Waals surface area contributed by atoms with E-state index >= 15 is 0 Å². The number of hydrogen-bond donors (Lipinski definition) is 0. The summed E-state index contributed by atoms with van der Waals surface area (Å²) in [5, 5.41) is 0. The Morgan fingerprint density at radius 1 is 1.32 bits per heavy atom. The van der Waals surface area contributed by atoms with Crippen molar-refractivity contribution in [1.29, 1.82) is 0 Å². The second kappa shape index (κ2) is 7.88. The van der Waals surface area contributed by atoms with Crippen LogP contribution in [0.4, 0.5) is 0 Å². The van der Waals surface area contributed by atoms with Gasteiger partial charge in [-0.25, -0.2) is 4.79 Å². The molecular formula is C14H19BrClNO2. The number of nitrogens with zero attached hydrogens (tertiary/aromatic N) is 1. The third kappa shape index (κ3) is 5.13. The summed E-state index contributed by atoms with van der Waals surface area (Å²) in [5.74, 6) is -0.241. The van der Waals surface area contributed by atoms with Crippen LogP contribution in [0.3, 0.4) is 0 Å². The number of likely N-dealkylation sites (tertiary alicyclic amines) is 1. The van der Waals surface area contributed by atoms with Gasteiger partial charge in [0.2, 0.25) is 0 Å². The molecule has 0 aliphatic carbocycles. The predicted molar refractivity (Wildman–Crippen MR) is 81.9 cm³/mol. The quantitative estimate of drug-likeness (QED) is 0.780. The average molecular weight is 349 g/mol. The van der Waals surface area contributed by atoms with Gasteiger partial charge in [0.25, 0.3) is 0 Å². The van der Waals surface area contributed by atoms with Crippen molar-refractivity contribution in [2.75, 3.05) is 19.6 Å². The Labute approximate surface area is 128 Å². The van der Waals surface area contributed by atoms with Gasteiger partial charge < -0.3 is 4.74 Å². The van der Waals surface area contributed by atoms with E-state index < -0.39 is 0 Å². The normalized spacial score (nSPS) is 16.7. The Hall–Kier alpha value is -0.580. The number of rotatable bonds is 4. The molecule has 0 aromatic heterocycles. The fourth-order valence-corrected chi connectivity index (χ4v) is 2.47. The minimum Gasteiger partial charge on any atom is -0.458 e. The lowest BCUT2D eigenvalue weighted by atomic mass is 10.2. The lowest BCUT2D eigenvalue weighted by Gasteiger charge is -2.20. The average Bonchev–Trinajstić information content (AvgIpc) is 2.82. The number of ether oxygens (including phenoxy) is 1. The van der Waals surface area contributed by atoms with Crippen molar-refractivity contribution < 1.29 is 9.53 Å². The van der Waals surface area contributed by atoms with Crippen LogP contribution < -0.4 is 0 Å². The first kappa shape index (κ1) is 16.5. The molecule has 1 saturated heterocycles. The minimum absolute atomic E-state index is 0. The van der Waals surface area contributed by atoms with E-state index in [0.717, 1.165) is 24.1 Å². The number of hydrogen-bond acceptors (Lipinski definition) is 3. The Morgan fingerprint density at radius 3 is 2.47 bits per heavy atom. The van der Waals surface area contributed by atoms with Crippen molar-refractivity contribution in [1.82, 2.24) is 4.90 Å². The standard InChI is InChI=1S/C14H18BrNO2.ClH/c1-11(10-16-8-2-3-9-16)18-14(17)12-4-6-13(15)7-5-12;/h4-7,11H,2-3,8-10H2,1H3;1H. The van der Waals surface area contributed by atoms with E-state index in [0.29, 0.717) is 5.56 Å². The molecule has 1 aromatic carbocycles. The molecule has 0 bridgehead atoms. The van der Waals surface area contributed by atoms with Gasteiger partial charge in [0.15, 0.2) is 0 Å². The maximum absolute atomic E-state index is 11.9. The smallest absolute Gasteiger partial charge is 0.338 e. The van der Waals surface area contributed by atoms with E-state index in [1.165, 1.54) is 12.8 Å². The van der Waals surface area contributed by atoms with Crippen LogP contribution in [-0.4, -0.2) is 36.6 Å². The predicted octanol–water partition coefficient (Wildman–Crippen LogP) is 3.51. The highest BCUT2D eigenvalue weighted by Gasteiger charge is 2.17.